The average molecular weight is 433 g/mol. The van der Waals surface area contributed by atoms with Gasteiger partial charge in [-0.25, -0.2) is 9.78 Å². The minimum Gasteiger partial charge on any atom is -0.494 e. The van der Waals surface area contributed by atoms with Crippen molar-refractivity contribution in [3.8, 4) is 5.75 Å². The van der Waals surface area contributed by atoms with E-state index in [1.165, 1.54) is 11.3 Å². The number of hydrogen-bond acceptors (Lipinski definition) is 7. The zero-order valence-electron chi connectivity index (χ0n) is 17.3. The highest BCUT2D eigenvalue weighted by atomic mass is 32.1. The first-order chi connectivity index (χ1) is 14.7. The molecule has 162 valence electrons. The van der Waals surface area contributed by atoms with Gasteiger partial charge in [-0.05, 0) is 37.8 Å². The predicted molar refractivity (Wildman–Crippen MR) is 117 cm³/mol. The molecule has 9 heteroatoms. The van der Waals surface area contributed by atoms with Gasteiger partial charge >= 0.3 is 6.03 Å². The molecule has 3 saturated heterocycles. The molecule has 0 radical (unpaired) electrons. The number of benzene rings is 1. The van der Waals surface area contributed by atoms with Crippen LogP contribution >= 0.6 is 11.3 Å². The number of hydrogen-bond donors (Lipinski definition) is 1. The number of likely N-dealkylation sites (tertiary alicyclic amines) is 1. The van der Waals surface area contributed by atoms with E-state index >= 15 is 0 Å². The maximum absolute atomic E-state index is 12.9. The molecule has 2 aromatic rings. The summed E-state index contributed by atoms with van der Waals surface area (Å²) in [6.45, 7) is 5.42. The van der Waals surface area contributed by atoms with E-state index in [1.807, 2.05) is 11.0 Å². The van der Waals surface area contributed by atoms with Crippen molar-refractivity contribution in [2.24, 2.45) is 0 Å². The summed E-state index contributed by atoms with van der Waals surface area (Å²) in [4.78, 5) is 21.7. The van der Waals surface area contributed by atoms with Crippen molar-refractivity contribution in [3.05, 3.63) is 12.1 Å². The van der Waals surface area contributed by atoms with Crippen molar-refractivity contribution < 1.29 is 19.0 Å². The van der Waals surface area contributed by atoms with Gasteiger partial charge in [0.25, 0.3) is 0 Å². The Kier molecular flexibility index (Phi) is 5.43. The van der Waals surface area contributed by atoms with E-state index in [0.717, 1.165) is 93.3 Å². The molecule has 3 aliphatic heterocycles. The van der Waals surface area contributed by atoms with Crippen molar-refractivity contribution in [1.82, 2.24) is 9.88 Å². The summed E-state index contributed by atoms with van der Waals surface area (Å²) in [6, 6.07) is 3.93. The van der Waals surface area contributed by atoms with E-state index in [0.29, 0.717) is 5.13 Å². The number of rotatable bonds is 3. The van der Waals surface area contributed by atoms with Crippen LogP contribution in [0.1, 0.15) is 25.7 Å². The largest absolute Gasteiger partial charge is 0.494 e. The third kappa shape index (κ3) is 3.70. The average Bonchev–Trinajstić information content (AvgIpc) is 3.41. The van der Waals surface area contributed by atoms with Gasteiger partial charge in [0.1, 0.15) is 11.3 Å². The van der Waals surface area contributed by atoms with Gasteiger partial charge in [0, 0.05) is 32.8 Å². The molecule has 0 aliphatic carbocycles. The van der Waals surface area contributed by atoms with Gasteiger partial charge in [-0.3, -0.25) is 5.32 Å². The number of urea groups is 1. The normalized spacial score (nSPS) is 21.4. The van der Waals surface area contributed by atoms with Crippen LogP contribution in [-0.4, -0.2) is 74.6 Å². The van der Waals surface area contributed by atoms with E-state index in [9.17, 15) is 4.79 Å². The minimum absolute atomic E-state index is 0.00701. The van der Waals surface area contributed by atoms with E-state index < -0.39 is 0 Å². The van der Waals surface area contributed by atoms with Gasteiger partial charge in [0.15, 0.2) is 5.13 Å². The first-order valence-electron chi connectivity index (χ1n) is 10.7. The molecule has 1 aromatic carbocycles. The Hall–Kier alpha value is -2.10. The summed E-state index contributed by atoms with van der Waals surface area (Å²) in [5.74, 6) is 0.719. The van der Waals surface area contributed by atoms with Gasteiger partial charge in [0.2, 0.25) is 0 Å². The zero-order chi connectivity index (χ0) is 20.6. The van der Waals surface area contributed by atoms with Crippen molar-refractivity contribution in [2.75, 3.05) is 63.3 Å². The standard InChI is InChI=1S/C21H28N4O4S/c1-27-16-4-3-15(24-10-13-28-14-11-24)18-17(16)22-19(30-18)23-20(26)25-8-6-21(7-9-25)5-2-12-29-21/h3-4H,2,5-14H2,1H3,(H,22,23,26). The Morgan fingerprint density at radius 1 is 1.17 bits per heavy atom. The molecule has 5 rings (SSSR count). The number of piperidine rings is 1. The second kappa shape index (κ2) is 8.20. The van der Waals surface area contributed by atoms with Crippen LogP contribution in [0.15, 0.2) is 12.1 Å². The van der Waals surface area contributed by atoms with Crippen LogP contribution in [0.4, 0.5) is 15.6 Å². The van der Waals surface area contributed by atoms with Crippen molar-refractivity contribution >= 4 is 38.4 Å². The first-order valence-corrected chi connectivity index (χ1v) is 11.5. The third-order valence-corrected chi connectivity index (χ3v) is 7.41. The minimum atomic E-state index is -0.0891. The van der Waals surface area contributed by atoms with Crippen LogP contribution in [0.3, 0.4) is 0 Å². The van der Waals surface area contributed by atoms with Crippen LogP contribution < -0.4 is 15.0 Å². The van der Waals surface area contributed by atoms with Crippen LogP contribution in [0, 0.1) is 0 Å². The summed E-state index contributed by atoms with van der Waals surface area (Å²) in [5, 5.41) is 3.62. The van der Waals surface area contributed by atoms with Crippen molar-refractivity contribution in [3.63, 3.8) is 0 Å². The molecule has 1 N–H and O–H groups in total. The molecule has 3 aliphatic rings. The van der Waals surface area contributed by atoms with Gasteiger partial charge in [-0.1, -0.05) is 11.3 Å². The molecule has 2 amide bonds. The molecule has 0 saturated carbocycles. The molecular formula is C21H28N4O4S. The Labute approximate surface area is 180 Å². The highest BCUT2D eigenvalue weighted by molar-refractivity contribution is 7.23. The fraction of sp³-hybridized carbons (Fsp3) is 0.619. The maximum atomic E-state index is 12.9. The number of carbonyl (C=O) groups is 1. The molecular weight excluding hydrogens is 404 g/mol. The molecule has 8 nitrogen and oxygen atoms in total. The van der Waals surface area contributed by atoms with Crippen LogP contribution in [0.2, 0.25) is 0 Å². The summed E-state index contributed by atoms with van der Waals surface area (Å²) in [6.07, 6.45) is 4.07. The lowest BCUT2D eigenvalue weighted by atomic mass is 9.89. The number of carbonyl (C=O) groups excluding carboxylic acids is 1. The number of nitrogens with zero attached hydrogens (tertiary/aromatic N) is 3. The Morgan fingerprint density at radius 3 is 2.67 bits per heavy atom. The lowest BCUT2D eigenvalue weighted by Crippen LogP contribution is -2.47. The molecule has 1 spiro atoms. The summed E-state index contributed by atoms with van der Waals surface area (Å²) in [7, 11) is 1.65. The Balaban J connectivity index is 1.33. The molecule has 0 bridgehead atoms. The fourth-order valence-electron chi connectivity index (χ4n) is 4.68. The second-order valence-corrected chi connectivity index (χ2v) is 9.13. The Morgan fingerprint density at radius 2 is 1.97 bits per heavy atom. The summed E-state index contributed by atoms with van der Waals surface area (Å²) < 4.78 is 18.0. The van der Waals surface area contributed by atoms with E-state index in [2.05, 4.69) is 16.3 Å². The van der Waals surface area contributed by atoms with Crippen LogP contribution in [0.25, 0.3) is 10.2 Å². The lowest BCUT2D eigenvalue weighted by molar-refractivity contribution is -0.0353. The zero-order valence-corrected chi connectivity index (χ0v) is 18.1. The molecule has 0 atom stereocenters. The number of morpholine rings is 1. The number of ether oxygens (including phenoxy) is 3. The van der Waals surface area contributed by atoms with Gasteiger partial charge in [-0.2, -0.15) is 0 Å². The van der Waals surface area contributed by atoms with E-state index in [-0.39, 0.29) is 11.6 Å². The fourth-order valence-corrected chi connectivity index (χ4v) is 5.69. The molecule has 4 heterocycles. The number of methoxy groups -OCH3 is 1. The van der Waals surface area contributed by atoms with Gasteiger partial charge < -0.3 is 24.0 Å². The summed E-state index contributed by atoms with van der Waals surface area (Å²) in [5.41, 5.74) is 1.91. The van der Waals surface area contributed by atoms with Crippen molar-refractivity contribution in [2.45, 2.75) is 31.3 Å². The Bertz CT molecular complexity index is 911. The smallest absolute Gasteiger partial charge is 0.323 e. The molecule has 1 aromatic heterocycles. The predicted octanol–water partition coefficient (Wildman–Crippen LogP) is 3.32. The van der Waals surface area contributed by atoms with Crippen molar-refractivity contribution in [1.29, 1.82) is 0 Å². The number of amides is 2. The summed E-state index contributed by atoms with van der Waals surface area (Å²) >= 11 is 1.50. The number of anilines is 2. The first kappa shape index (κ1) is 19.8. The highest BCUT2D eigenvalue weighted by Crippen LogP contribution is 2.40. The van der Waals surface area contributed by atoms with Gasteiger partial charge in [-0.15, -0.1) is 0 Å². The second-order valence-electron chi connectivity index (χ2n) is 8.14. The number of thiazole rings is 1. The quantitative estimate of drug-likeness (QED) is 0.802. The number of nitrogens with one attached hydrogen (secondary N) is 1. The SMILES string of the molecule is COc1ccc(N2CCOCC2)c2sc(NC(=O)N3CCC4(CCCO4)CC3)nc12. The lowest BCUT2D eigenvalue weighted by Gasteiger charge is -2.38. The van der Waals surface area contributed by atoms with E-state index in [1.54, 1.807) is 7.11 Å². The maximum Gasteiger partial charge on any atom is 0.323 e. The van der Waals surface area contributed by atoms with Crippen LogP contribution in [0.5, 0.6) is 5.75 Å². The van der Waals surface area contributed by atoms with Gasteiger partial charge in [0.05, 0.1) is 36.3 Å². The molecule has 3 fully saturated rings. The monoisotopic (exact) mass is 432 g/mol. The topological polar surface area (TPSA) is 76.2 Å². The highest BCUT2D eigenvalue weighted by Gasteiger charge is 2.39. The number of aromatic nitrogens is 1. The van der Waals surface area contributed by atoms with Crippen LogP contribution in [-0.2, 0) is 9.47 Å². The number of fused-ring (bicyclic) bond motifs is 1. The third-order valence-electron chi connectivity index (χ3n) is 6.42. The molecule has 0 unspecified atom stereocenters. The van der Waals surface area contributed by atoms with E-state index in [4.69, 9.17) is 19.2 Å². The molecule has 30 heavy (non-hydrogen) atoms.